The van der Waals surface area contributed by atoms with Crippen molar-refractivity contribution < 1.29 is 4.74 Å². The summed E-state index contributed by atoms with van der Waals surface area (Å²) in [5, 5.41) is 7.08. The zero-order valence-corrected chi connectivity index (χ0v) is 19.8. The van der Waals surface area contributed by atoms with Gasteiger partial charge in [-0.15, -0.1) is 24.0 Å². The number of hydrogen-bond donors (Lipinski definition) is 2. The van der Waals surface area contributed by atoms with E-state index in [9.17, 15) is 0 Å². The number of nitrogens with zero attached hydrogens (tertiary/aromatic N) is 2. The van der Waals surface area contributed by atoms with Gasteiger partial charge in [0.15, 0.2) is 5.96 Å². The van der Waals surface area contributed by atoms with Gasteiger partial charge in [0, 0.05) is 53.5 Å². The number of fused-ring (bicyclic) bond motifs is 1. The molecule has 0 unspecified atom stereocenters. The molecule has 0 saturated heterocycles. The predicted octanol–water partition coefficient (Wildman–Crippen LogP) is 3.42. The highest BCUT2D eigenvalue weighted by Crippen LogP contribution is 2.40. The van der Waals surface area contributed by atoms with Crippen molar-refractivity contribution in [2.45, 2.75) is 45.1 Å². The number of ether oxygens (including phenoxy) is 1. The third-order valence-electron chi connectivity index (χ3n) is 6.29. The highest BCUT2D eigenvalue weighted by molar-refractivity contribution is 14.0. The number of nitrogens with one attached hydrogen (secondary N) is 2. The summed E-state index contributed by atoms with van der Waals surface area (Å²) in [6.45, 7) is 6.02. The largest absolute Gasteiger partial charge is 0.385 e. The number of benzene rings is 1. The molecule has 2 N–H and O–H groups in total. The van der Waals surface area contributed by atoms with Crippen LogP contribution in [0.4, 0.5) is 0 Å². The fraction of sp³-hybridized carbons (Fsp3) is 0.682. The van der Waals surface area contributed by atoms with E-state index in [-0.39, 0.29) is 24.0 Å². The molecule has 2 aliphatic rings. The van der Waals surface area contributed by atoms with Gasteiger partial charge in [-0.05, 0) is 42.2 Å². The third kappa shape index (κ3) is 6.59. The molecule has 0 bridgehead atoms. The zero-order valence-electron chi connectivity index (χ0n) is 17.5. The minimum absolute atomic E-state index is 0. The van der Waals surface area contributed by atoms with Crippen LogP contribution < -0.4 is 10.6 Å². The van der Waals surface area contributed by atoms with Gasteiger partial charge in [0.05, 0.1) is 0 Å². The molecule has 158 valence electrons. The van der Waals surface area contributed by atoms with Gasteiger partial charge in [0.1, 0.15) is 0 Å². The van der Waals surface area contributed by atoms with Gasteiger partial charge in [-0.2, -0.15) is 0 Å². The van der Waals surface area contributed by atoms with E-state index < -0.39 is 0 Å². The Labute approximate surface area is 187 Å². The zero-order chi connectivity index (χ0) is 19.0. The van der Waals surface area contributed by atoms with E-state index in [4.69, 9.17) is 4.74 Å². The van der Waals surface area contributed by atoms with E-state index in [1.807, 2.05) is 7.05 Å². The molecule has 1 heterocycles. The average molecular weight is 500 g/mol. The quantitative estimate of drug-likeness (QED) is 0.326. The van der Waals surface area contributed by atoms with E-state index in [1.54, 1.807) is 7.11 Å². The molecule has 6 heteroatoms. The molecule has 1 aliphatic carbocycles. The monoisotopic (exact) mass is 500 g/mol. The summed E-state index contributed by atoms with van der Waals surface area (Å²) in [5.74, 6) is 0.927. The van der Waals surface area contributed by atoms with Crippen LogP contribution in [-0.2, 0) is 17.7 Å². The minimum Gasteiger partial charge on any atom is -0.385 e. The molecule has 0 spiro atoms. The molecule has 28 heavy (non-hydrogen) atoms. The normalized spacial score (nSPS) is 19.0. The maximum absolute atomic E-state index is 5.34. The summed E-state index contributed by atoms with van der Waals surface area (Å²) in [6.07, 6.45) is 7.58. The standard InChI is InChI=1S/C22H36N4O.HI/c1-23-21(25-18-22(12-16-27-2)10-5-6-11-22)24-13-15-26-14-9-19-7-3-4-8-20(19)17-26;/h3-4,7-8H,5-6,9-18H2,1-2H3,(H2,23,24,25);1H. The van der Waals surface area contributed by atoms with Crippen molar-refractivity contribution in [2.24, 2.45) is 10.4 Å². The number of halogens is 1. The van der Waals surface area contributed by atoms with Gasteiger partial charge in [-0.1, -0.05) is 37.1 Å². The number of methoxy groups -OCH3 is 1. The Morgan fingerprint density at radius 3 is 2.64 bits per heavy atom. The summed E-state index contributed by atoms with van der Waals surface area (Å²) in [7, 11) is 3.67. The number of hydrogen-bond acceptors (Lipinski definition) is 3. The molecular weight excluding hydrogens is 463 g/mol. The van der Waals surface area contributed by atoms with E-state index in [0.29, 0.717) is 5.41 Å². The van der Waals surface area contributed by atoms with Crippen LogP contribution >= 0.6 is 24.0 Å². The molecular formula is C22H37IN4O. The lowest BCUT2D eigenvalue weighted by molar-refractivity contribution is 0.138. The average Bonchev–Trinajstić information content (AvgIpc) is 3.18. The molecule has 0 atom stereocenters. The molecule has 1 aromatic carbocycles. The summed E-state index contributed by atoms with van der Waals surface area (Å²) < 4.78 is 5.34. The Morgan fingerprint density at radius 2 is 1.93 bits per heavy atom. The molecule has 1 aliphatic heterocycles. The van der Waals surface area contributed by atoms with E-state index in [2.05, 4.69) is 44.8 Å². The Morgan fingerprint density at radius 1 is 1.18 bits per heavy atom. The maximum atomic E-state index is 5.34. The van der Waals surface area contributed by atoms with Crippen LogP contribution in [0.1, 0.15) is 43.2 Å². The second-order valence-electron chi connectivity index (χ2n) is 8.10. The number of aliphatic imine (C=N–C) groups is 1. The van der Waals surface area contributed by atoms with Crippen LogP contribution in [0.3, 0.4) is 0 Å². The summed E-state index contributed by atoms with van der Waals surface area (Å²) >= 11 is 0. The Hall–Kier alpha value is -0.860. The second kappa shape index (κ2) is 12.0. The maximum Gasteiger partial charge on any atom is 0.191 e. The highest BCUT2D eigenvalue weighted by Gasteiger charge is 2.33. The van der Waals surface area contributed by atoms with Crippen LogP contribution in [0, 0.1) is 5.41 Å². The van der Waals surface area contributed by atoms with Crippen molar-refractivity contribution >= 4 is 29.9 Å². The Balaban J connectivity index is 0.00000280. The van der Waals surface area contributed by atoms with Gasteiger partial charge in [0.2, 0.25) is 0 Å². The van der Waals surface area contributed by atoms with Gasteiger partial charge in [0.25, 0.3) is 0 Å². The van der Waals surface area contributed by atoms with Crippen molar-refractivity contribution in [3.05, 3.63) is 35.4 Å². The molecule has 1 fully saturated rings. The smallest absolute Gasteiger partial charge is 0.191 e. The van der Waals surface area contributed by atoms with Gasteiger partial charge in [-0.25, -0.2) is 0 Å². The molecule has 1 aromatic rings. The molecule has 0 amide bonds. The Kier molecular flexibility index (Phi) is 10.0. The minimum atomic E-state index is 0. The molecule has 5 nitrogen and oxygen atoms in total. The van der Waals surface area contributed by atoms with E-state index in [1.165, 1.54) is 36.8 Å². The first-order chi connectivity index (χ1) is 13.2. The van der Waals surface area contributed by atoms with Crippen LogP contribution in [0.15, 0.2) is 29.3 Å². The Bertz CT molecular complexity index is 616. The number of guanidine groups is 1. The fourth-order valence-electron chi connectivity index (χ4n) is 4.53. The first kappa shape index (κ1) is 23.4. The summed E-state index contributed by atoms with van der Waals surface area (Å²) in [5.41, 5.74) is 3.37. The van der Waals surface area contributed by atoms with Crippen molar-refractivity contribution in [1.82, 2.24) is 15.5 Å². The lowest BCUT2D eigenvalue weighted by Gasteiger charge is -2.31. The van der Waals surface area contributed by atoms with Crippen LogP contribution in [-0.4, -0.2) is 57.8 Å². The lowest BCUT2D eigenvalue weighted by atomic mass is 9.83. The third-order valence-corrected chi connectivity index (χ3v) is 6.29. The van der Waals surface area contributed by atoms with Crippen LogP contribution in [0.5, 0.6) is 0 Å². The number of rotatable bonds is 8. The molecule has 1 saturated carbocycles. The van der Waals surface area contributed by atoms with Gasteiger partial charge < -0.3 is 15.4 Å². The van der Waals surface area contributed by atoms with Crippen molar-refractivity contribution in [2.75, 3.05) is 46.9 Å². The van der Waals surface area contributed by atoms with Crippen molar-refractivity contribution in [3.8, 4) is 0 Å². The van der Waals surface area contributed by atoms with Gasteiger partial charge >= 0.3 is 0 Å². The van der Waals surface area contributed by atoms with E-state index in [0.717, 1.165) is 58.1 Å². The molecule has 0 radical (unpaired) electrons. The molecule has 0 aromatic heterocycles. The molecule has 3 rings (SSSR count). The topological polar surface area (TPSA) is 48.9 Å². The van der Waals surface area contributed by atoms with Crippen molar-refractivity contribution in [1.29, 1.82) is 0 Å². The van der Waals surface area contributed by atoms with E-state index >= 15 is 0 Å². The SMILES string of the molecule is CN=C(NCCN1CCc2ccccc2C1)NCC1(CCOC)CCCC1.I. The second-order valence-corrected chi connectivity index (χ2v) is 8.10. The van der Waals surface area contributed by atoms with Crippen LogP contribution in [0.25, 0.3) is 0 Å². The van der Waals surface area contributed by atoms with Gasteiger partial charge in [-0.3, -0.25) is 9.89 Å². The summed E-state index contributed by atoms with van der Waals surface area (Å²) in [6, 6.07) is 8.82. The lowest BCUT2D eigenvalue weighted by Crippen LogP contribution is -2.46. The first-order valence-corrected chi connectivity index (χ1v) is 10.5. The first-order valence-electron chi connectivity index (χ1n) is 10.5. The highest BCUT2D eigenvalue weighted by atomic mass is 127. The fourth-order valence-corrected chi connectivity index (χ4v) is 4.53. The van der Waals surface area contributed by atoms with Crippen LogP contribution in [0.2, 0.25) is 0 Å². The summed E-state index contributed by atoms with van der Waals surface area (Å²) in [4.78, 5) is 6.95. The van der Waals surface area contributed by atoms with Crippen molar-refractivity contribution in [3.63, 3.8) is 0 Å². The predicted molar refractivity (Wildman–Crippen MR) is 128 cm³/mol.